The lowest BCUT2D eigenvalue weighted by Crippen LogP contribution is -2.14. The Labute approximate surface area is 115 Å². The Morgan fingerprint density at radius 1 is 1.50 bits per heavy atom. The van der Waals surface area contributed by atoms with Gasteiger partial charge >= 0.3 is 0 Å². The van der Waals surface area contributed by atoms with Gasteiger partial charge in [0.1, 0.15) is 0 Å². The highest BCUT2D eigenvalue weighted by molar-refractivity contribution is 5.70. The number of rotatable bonds is 3. The molecule has 4 N–H and O–H groups in total. The van der Waals surface area contributed by atoms with Gasteiger partial charge in [0, 0.05) is 19.1 Å². The lowest BCUT2D eigenvalue weighted by molar-refractivity contribution is 0.249. The van der Waals surface area contributed by atoms with E-state index in [2.05, 4.69) is 21.5 Å². The molecule has 0 saturated heterocycles. The third kappa shape index (κ3) is 2.00. The molecule has 20 heavy (non-hydrogen) atoms. The average molecular weight is 275 g/mol. The van der Waals surface area contributed by atoms with Crippen LogP contribution in [-0.4, -0.2) is 31.2 Å². The van der Waals surface area contributed by atoms with Crippen molar-refractivity contribution in [2.24, 2.45) is 11.8 Å². The van der Waals surface area contributed by atoms with Gasteiger partial charge in [-0.2, -0.15) is 4.98 Å². The number of H-pyrrole nitrogens is 1. The Balaban J connectivity index is 1.92. The molecule has 2 heterocycles. The Hall–Kier alpha value is -2.15. The number of nitrogens with one attached hydrogen (secondary N) is 1. The first-order valence-electron chi connectivity index (χ1n) is 6.60. The Bertz CT molecular complexity index is 717. The van der Waals surface area contributed by atoms with Crippen LogP contribution in [0.4, 0.5) is 5.95 Å². The van der Waals surface area contributed by atoms with Gasteiger partial charge in [-0.05, 0) is 18.8 Å². The maximum Gasteiger partial charge on any atom is 0.280 e. The second-order valence-electron chi connectivity index (χ2n) is 5.25. The van der Waals surface area contributed by atoms with E-state index < -0.39 is 0 Å². The van der Waals surface area contributed by atoms with Crippen LogP contribution in [0.25, 0.3) is 11.2 Å². The van der Waals surface area contributed by atoms with Crippen molar-refractivity contribution in [2.45, 2.75) is 19.4 Å². The maximum absolute atomic E-state index is 11.7. The SMILES string of the molecule is C=C1C(CO)CCC1Cn1cnc2c(=O)[nH]c(N)nc21. The largest absolute Gasteiger partial charge is 0.396 e. The van der Waals surface area contributed by atoms with Crippen LogP contribution in [0.2, 0.25) is 0 Å². The topological polar surface area (TPSA) is 110 Å². The molecule has 1 aliphatic rings. The van der Waals surface area contributed by atoms with Gasteiger partial charge in [-0.25, -0.2) is 4.98 Å². The predicted octanol–water partition coefficient (Wildman–Crippen LogP) is 0.276. The van der Waals surface area contributed by atoms with Crippen molar-refractivity contribution >= 4 is 17.1 Å². The number of imidazole rings is 1. The molecule has 1 saturated carbocycles. The van der Waals surface area contributed by atoms with Crippen molar-refractivity contribution in [3.8, 4) is 0 Å². The van der Waals surface area contributed by atoms with E-state index in [0.717, 1.165) is 18.4 Å². The third-order valence-electron chi connectivity index (χ3n) is 4.04. The molecule has 3 rings (SSSR count). The molecule has 2 aromatic heterocycles. The van der Waals surface area contributed by atoms with Crippen molar-refractivity contribution in [1.82, 2.24) is 19.5 Å². The van der Waals surface area contributed by atoms with Gasteiger partial charge in [0.15, 0.2) is 11.2 Å². The van der Waals surface area contributed by atoms with Crippen molar-refractivity contribution in [2.75, 3.05) is 12.3 Å². The molecule has 106 valence electrons. The summed E-state index contributed by atoms with van der Waals surface area (Å²) in [4.78, 5) is 22.4. The molecule has 7 nitrogen and oxygen atoms in total. The zero-order valence-corrected chi connectivity index (χ0v) is 11.0. The number of aromatic nitrogens is 4. The fourth-order valence-corrected chi connectivity index (χ4v) is 2.87. The van der Waals surface area contributed by atoms with Crippen LogP contribution in [0.5, 0.6) is 0 Å². The van der Waals surface area contributed by atoms with Crippen molar-refractivity contribution in [3.05, 3.63) is 28.8 Å². The second-order valence-corrected chi connectivity index (χ2v) is 5.25. The molecule has 0 bridgehead atoms. The molecule has 7 heteroatoms. The van der Waals surface area contributed by atoms with Crippen LogP contribution < -0.4 is 11.3 Å². The van der Waals surface area contributed by atoms with Crippen molar-refractivity contribution in [1.29, 1.82) is 0 Å². The zero-order valence-electron chi connectivity index (χ0n) is 11.0. The second kappa shape index (κ2) is 4.75. The number of hydrogen-bond donors (Lipinski definition) is 3. The molecule has 0 radical (unpaired) electrons. The van der Waals surface area contributed by atoms with Gasteiger partial charge in [0.05, 0.1) is 6.33 Å². The summed E-state index contributed by atoms with van der Waals surface area (Å²) < 4.78 is 1.83. The van der Waals surface area contributed by atoms with Crippen LogP contribution in [0, 0.1) is 11.8 Å². The fourth-order valence-electron chi connectivity index (χ4n) is 2.87. The monoisotopic (exact) mass is 275 g/mol. The summed E-state index contributed by atoms with van der Waals surface area (Å²) in [6.07, 6.45) is 3.52. The van der Waals surface area contributed by atoms with Crippen molar-refractivity contribution in [3.63, 3.8) is 0 Å². The lowest BCUT2D eigenvalue weighted by atomic mass is 9.99. The standard InChI is InChI=1S/C13H17N5O2/c1-7-8(2-3-9(7)5-19)4-18-6-15-10-11(18)16-13(14)17-12(10)20/h6,8-9,19H,1-5H2,(H3,14,16,17,20). The number of nitrogens with zero attached hydrogens (tertiary/aromatic N) is 3. The van der Waals surface area contributed by atoms with Gasteiger partial charge in [-0.3, -0.25) is 9.78 Å². The Morgan fingerprint density at radius 2 is 2.25 bits per heavy atom. The summed E-state index contributed by atoms with van der Waals surface area (Å²) in [6.45, 7) is 4.88. The van der Waals surface area contributed by atoms with Crippen LogP contribution in [-0.2, 0) is 6.54 Å². The number of fused-ring (bicyclic) bond motifs is 1. The molecule has 2 unspecified atom stereocenters. The van der Waals surface area contributed by atoms with E-state index in [4.69, 9.17) is 5.73 Å². The normalized spacial score (nSPS) is 22.8. The van der Waals surface area contributed by atoms with E-state index in [1.807, 2.05) is 4.57 Å². The van der Waals surface area contributed by atoms with Gasteiger partial charge in [-0.15, -0.1) is 0 Å². The molecule has 2 aromatic rings. The van der Waals surface area contributed by atoms with E-state index in [9.17, 15) is 9.90 Å². The Morgan fingerprint density at radius 3 is 2.95 bits per heavy atom. The van der Waals surface area contributed by atoms with Crippen LogP contribution >= 0.6 is 0 Å². The van der Waals surface area contributed by atoms with E-state index in [1.54, 1.807) is 6.33 Å². The quantitative estimate of drug-likeness (QED) is 0.697. The summed E-state index contributed by atoms with van der Waals surface area (Å²) in [6, 6.07) is 0. The minimum absolute atomic E-state index is 0.0859. The first-order chi connectivity index (χ1) is 9.60. The van der Waals surface area contributed by atoms with Gasteiger partial charge < -0.3 is 15.4 Å². The zero-order chi connectivity index (χ0) is 14.3. The Kier molecular flexibility index (Phi) is 3.06. The molecule has 0 spiro atoms. The number of hydrogen-bond acceptors (Lipinski definition) is 5. The molecule has 0 aliphatic heterocycles. The summed E-state index contributed by atoms with van der Waals surface area (Å²) in [7, 11) is 0. The summed E-state index contributed by atoms with van der Waals surface area (Å²) in [5, 5.41) is 9.27. The van der Waals surface area contributed by atoms with Gasteiger partial charge in [0.2, 0.25) is 5.95 Å². The smallest absolute Gasteiger partial charge is 0.280 e. The fraction of sp³-hybridized carbons (Fsp3) is 0.462. The minimum atomic E-state index is -0.329. The molecule has 1 fully saturated rings. The molecule has 2 atom stereocenters. The maximum atomic E-state index is 11.7. The first-order valence-corrected chi connectivity index (χ1v) is 6.60. The molecular formula is C13H17N5O2. The van der Waals surface area contributed by atoms with Crippen LogP contribution in [0.3, 0.4) is 0 Å². The highest BCUT2D eigenvalue weighted by atomic mass is 16.3. The van der Waals surface area contributed by atoms with E-state index in [1.165, 1.54) is 0 Å². The van der Waals surface area contributed by atoms with Crippen LogP contribution in [0.15, 0.2) is 23.3 Å². The minimum Gasteiger partial charge on any atom is -0.396 e. The number of aliphatic hydroxyl groups is 1. The number of nitrogens with two attached hydrogens (primary N) is 1. The van der Waals surface area contributed by atoms with E-state index in [-0.39, 0.29) is 30.0 Å². The average Bonchev–Trinajstić information content (AvgIpc) is 2.96. The van der Waals surface area contributed by atoms with Crippen LogP contribution in [0.1, 0.15) is 12.8 Å². The lowest BCUT2D eigenvalue weighted by Gasteiger charge is -2.14. The predicted molar refractivity (Wildman–Crippen MR) is 75.0 cm³/mol. The third-order valence-corrected chi connectivity index (χ3v) is 4.04. The molecular weight excluding hydrogens is 258 g/mol. The molecule has 0 aromatic carbocycles. The van der Waals surface area contributed by atoms with E-state index in [0.29, 0.717) is 17.7 Å². The first kappa shape index (κ1) is 12.9. The summed E-state index contributed by atoms with van der Waals surface area (Å²) in [5.41, 5.74) is 7.09. The van der Waals surface area contributed by atoms with E-state index >= 15 is 0 Å². The summed E-state index contributed by atoms with van der Waals surface area (Å²) in [5.74, 6) is 0.533. The van der Waals surface area contributed by atoms with Gasteiger partial charge in [-0.1, -0.05) is 12.2 Å². The van der Waals surface area contributed by atoms with Crippen molar-refractivity contribution < 1.29 is 5.11 Å². The number of anilines is 1. The number of nitrogen functional groups attached to an aromatic ring is 1. The highest BCUT2D eigenvalue weighted by Crippen LogP contribution is 2.36. The van der Waals surface area contributed by atoms with Gasteiger partial charge in [0.25, 0.3) is 5.56 Å². The number of aromatic amines is 1. The highest BCUT2D eigenvalue weighted by Gasteiger charge is 2.28. The molecule has 0 amide bonds. The molecule has 1 aliphatic carbocycles. The summed E-state index contributed by atoms with van der Waals surface area (Å²) >= 11 is 0. The number of aliphatic hydroxyl groups excluding tert-OH is 1.